The van der Waals surface area contributed by atoms with Crippen LogP contribution in [0.5, 0.6) is 0 Å². The highest BCUT2D eigenvalue weighted by atomic mass is 35.5. The largest absolute Gasteiger partial charge is 0.299 e. The van der Waals surface area contributed by atoms with Gasteiger partial charge in [0.2, 0.25) is 0 Å². The smallest absolute Gasteiger partial charge is 0.266 e. The zero-order valence-corrected chi connectivity index (χ0v) is 18.3. The van der Waals surface area contributed by atoms with Gasteiger partial charge in [0.05, 0.1) is 15.6 Å². The summed E-state index contributed by atoms with van der Waals surface area (Å²) in [5, 5.41) is 6.46. The maximum absolute atomic E-state index is 12.4. The molecule has 0 unspecified atom stereocenters. The summed E-state index contributed by atoms with van der Waals surface area (Å²) in [4.78, 5) is 20.4. The number of piperidine rings is 1. The third-order valence-corrected chi connectivity index (χ3v) is 6.77. The van der Waals surface area contributed by atoms with Crippen LogP contribution in [0.3, 0.4) is 0 Å². The fraction of sp³-hybridized carbons (Fsp3) is 0.409. The summed E-state index contributed by atoms with van der Waals surface area (Å²) in [5.74, 6) is 0.468. The van der Waals surface area contributed by atoms with E-state index in [0.29, 0.717) is 12.5 Å². The van der Waals surface area contributed by atoms with Gasteiger partial charge in [-0.1, -0.05) is 23.7 Å². The number of thiazole rings is 1. The van der Waals surface area contributed by atoms with E-state index >= 15 is 0 Å². The first-order valence-electron chi connectivity index (χ1n) is 9.97. The van der Waals surface area contributed by atoms with Gasteiger partial charge in [-0.15, -0.1) is 11.3 Å². The van der Waals surface area contributed by atoms with Gasteiger partial charge >= 0.3 is 0 Å². The lowest BCUT2D eigenvalue weighted by Crippen LogP contribution is -2.36. The summed E-state index contributed by atoms with van der Waals surface area (Å²) in [6, 6.07) is 11.5. The minimum Gasteiger partial charge on any atom is -0.299 e. The van der Waals surface area contributed by atoms with Crippen LogP contribution in [0.1, 0.15) is 29.1 Å². The van der Waals surface area contributed by atoms with Crippen molar-refractivity contribution in [1.82, 2.24) is 19.7 Å². The van der Waals surface area contributed by atoms with Gasteiger partial charge in [0.15, 0.2) is 0 Å². The Labute approximate surface area is 180 Å². The predicted octanol–water partition coefficient (Wildman–Crippen LogP) is 4.55. The van der Waals surface area contributed by atoms with Crippen LogP contribution in [0.2, 0.25) is 5.02 Å². The number of benzene rings is 1. The molecule has 5 nitrogen and oxygen atoms in total. The molecule has 7 heteroatoms. The highest BCUT2D eigenvalue weighted by molar-refractivity contribution is 7.15. The molecule has 3 heterocycles. The summed E-state index contributed by atoms with van der Waals surface area (Å²) in [7, 11) is 0. The molecule has 29 heavy (non-hydrogen) atoms. The summed E-state index contributed by atoms with van der Waals surface area (Å²) in [6.07, 6.45) is 2.13. The number of hydrogen-bond donors (Lipinski definition) is 0. The minimum absolute atomic E-state index is 0.0333. The number of nitrogens with zero attached hydrogens (tertiary/aromatic N) is 4. The van der Waals surface area contributed by atoms with Crippen molar-refractivity contribution in [1.29, 1.82) is 0 Å². The lowest BCUT2D eigenvalue weighted by molar-refractivity contribution is 0.163. The van der Waals surface area contributed by atoms with E-state index in [1.165, 1.54) is 5.56 Å². The highest BCUT2D eigenvalue weighted by Gasteiger charge is 2.21. The van der Waals surface area contributed by atoms with E-state index in [-0.39, 0.29) is 5.56 Å². The number of halogens is 1. The molecule has 0 amide bonds. The van der Waals surface area contributed by atoms with Crippen LogP contribution >= 0.6 is 22.9 Å². The van der Waals surface area contributed by atoms with E-state index in [2.05, 4.69) is 21.0 Å². The predicted molar refractivity (Wildman–Crippen MR) is 119 cm³/mol. The van der Waals surface area contributed by atoms with Gasteiger partial charge in [0, 0.05) is 24.2 Å². The second kappa shape index (κ2) is 8.78. The fourth-order valence-electron chi connectivity index (χ4n) is 3.93. The number of rotatable bonds is 5. The zero-order valence-electron chi connectivity index (χ0n) is 16.8. The van der Waals surface area contributed by atoms with Crippen molar-refractivity contribution in [3.05, 3.63) is 68.0 Å². The van der Waals surface area contributed by atoms with Gasteiger partial charge in [0.1, 0.15) is 5.69 Å². The van der Waals surface area contributed by atoms with E-state index in [9.17, 15) is 4.79 Å². The number of aromatic nitrogens is 3. The third kappa shape index (κ3) is 4.94. The first kappa shape index (κ1) is 20.3. The number of hydrogen-bond acceptors (Lipinski definition) is 5. The summed E-state index contributed by atoms with van der Waals surface area (Å²) in [5.41, 5.74) is 3.02. The molecule has 0 aliphatic carbocycles. The van der Waals surface area contributed by atoms with Crippen molar-refractivity contribution in [3.63, 3.8) is 0 Å². The van der Waals surface area contributed by atoms with Crippen LogP contribution in [0.15, 0.2) is 41.2 Å². The molecule has 2 aromatic heterocycles. The summed E-state index contributed by atoms with van der Waals surface area (Å²) >= 11 is 7.72. The first-order valence-corrected chi connectivity index (χ1v) is 11.2. The molecule has 0 N–H and O–H groups in total. The van der Waals surface area contributed by atoms with Crippen molar-refractivity contribution >= 4 is 22.9 Å². The van der Waals surface area contributed by atoms with Crippen molar-refractivity contribution in [3.8, 4) is 10.6 Å². The lowest BCUT2D eigenvalue weighted by atomic mass is 9.96. The van der Waals surface area contributed by atoms with Crippen LogP contribution in [0, 0.1) is 19.8 Å². The molecule has 0 saturated carbocycles. The third-order valence-electron chi connectivity index (χ3n) is 5.44. The molecule has 0 spiro atoms. The molecule has 1 saturated heterocycles. The van der Waals surface area contributed by atoms with Gasteiger partial charge in [-0.2, -0.15) is 5.10 Å². The maximum atomic E-state index is 12.4. The Balaban J connectivity index is 1.40. The van der Waals surface area contributed by atoms with Crippen molar-refractivity contribution in [2.45, 2.75) is 39.8 Å². The second-order valence-corrected chi connectivity index (χ2v) is 9.38. The Morgan fingerprint density at radius 3 is 2.66 bits per heavy atom. The molecule has 1 aliphatic heterocycles. The highest BCUT2D eigenvalue weighted by Crippen LogP contribution is 2.27. The maximum Gasteiger partial charge on any atom is 0.266 e. The first-order chi connectivity index (χ1) is 14.0. The molecular weight excluding hydrogens is 404 g/mol. The Morgan fingerprint density at radius 1 is 1.17 bits per heavy atom. The number of likely N-dealkylation sites (tertiary alicyclic amines) is 1. The van der Waals surface area contributed by atoms with Crippen LogP contribution in [0.25, 0.3) is 10.6 Å². The number of aryl methyl sites for hydroxylation is 2. The normalized spacial score (nSPS) is 15.7. The zero-order chi connectivity index (χ0) is 20.4. The molecule has 0 radical (unpaired) electrons. The van der Waals surface area contributed by atoms with E-state index in [1.54, 1.807) is 22.1 Å². The average molecular weight is 429 g/mol. The van der Waals surface area contributed by atoms with Crippen molar-refractivity contribution in [2.75, 3.05) is 13.1 Å². The molecule has 4 rings (SSSR count). The second-order valence-electron chi connectivity index (χ2n) is 7.74. The van der Waals surface area contributed by atoms with Crippen LogP contribution in [0.4, 0.5) is 0 Å². The standard InChI is InChI=1S/C22H25ClN4OS/c1-15-22(29-16(2)24-15)20-6-7-21(28)27(25-20)14-17-8-10-26(11-9-17)13-18-4-3-5-19(23)12-18/h3-7,12,17H,8-11,13-14H2,1-2H3. The van der Waals surface area contributed by atoms with E-state index < -0.39 is 0 Å². The Hall–Kier alpha value is -2.02. The van der Waals surface area contributed by atoms with Crippen LogP contribution in [-0.4, -0.2) is 32.8 Å². The minimum atomic E-state index is -0.0333. The lowest BCUT2D eigenvalue weighted by Gasteiger charge is -2.32. The van der Waals surface area contributed by atoms with E-state index in [4.69, 9.17) is 11.6 Å². The van der Waals surface area contributed by atoms with E-state index in [0.717, 1.165) is 58.8 Å². The Kier molecular flexibility index (Phi) is 6.13. The molecule has 1 aromatic carbocycles. The topological polar surface area (TPSA) is 51.0 Å². The molecule has 0 bridgehead atoms. The Bertz CT molecular complexity index is 1050. The van der Waals surface area contributed by atoms with Crippen molar-refractivity contribution < 1.29 is 0 Å². The van der Waals surface area contributed by atoms with Gasteiger partial charge in [-0.05, 0) is 69.5 Å². The van der Waals surface area contributed by atoms with E-state index in [1.807, 2.05) is 38.1 Å². The molecule has 1 aliphatic rings. The monoisotopic (exact) mass is 428 g/mol. The molecule has 1 fully saturated rings. The van der Waals surface area contributed by atoms with Gasteiger partial charge in [0.25, 0.3) is 5.56 Å². The summed E-state index contributed by atoms with van der Waals surface area (Å²) < 4.78 is 1.64. The van der Waals surface area contributed by atoms with Gasteiger partial charge in [-0.3, -0.25) is 9.69 Å². The van der Waals surface area contributed by atoms with Crippen LogP contribution in [-0.2, 0) is 13.1 Å². The van der Waals surface area contributed by atoms with Gasteiger partial charge < -0.3 is 0 Å². The fourth-order valence-corrected chi connectivity index (χ4v) is 5.03. The quantitative estimate of drug-likeness (QED) is 0.598. The molecule has 3 aromatic rings. The van der Waals surface area contributed by atoms with Crippen molar-refractivity contribution in [2.24, 2.45) is 5.92 Å². The summed E-state index contributed by atoms with van der Waals surface area (Å²) in [6.45, 7) is 7.64. The van der Waals surface area contributed by atoms with Gasteiger partial charge in [-0.25, -0.2) is 9.67 Å². The van der Waals surface area contributed by atoms with Crippen LogP contribution < -0.4 is 5.56 Å². The molecule has 152 valence electrons. The molecule has 0 atom stereocenters. The molecular formula is C22H25ClN4OS. The SMILES string of the molecule is Cc1nc(C)c(-c2ccc(=O)n(CC3CCN(Cc4cccc(Cl)c4)CC3)n2)s1. The average Bonchev–Trinajstić information content (AvgIpc) is 3.03. The Morgan fingerprint density at radius 2 is 1.97 bits per heavy atom.